The van der Waals surface area contributed by atoms with Crippen LogP contribution in [0.2, 0.25) is 0 Å². The molecule has 4 heteroatoms. The lowest BCUT2D eigenvalue weighted by atomic mass is 10.0. The fraction of sp³-hybridized carbons (Fsp3) is 0.636. The molecule has 1 heterocycles. The fourth-order valence-corrected chi connectivity index (χ4v) is 1.87. The first-order valence-corrected chi connectivity index (χ1v) is 5.32. The fourth-order valence-electron chi connectivity index (χ4n) is 1.87. The smallest absolute Gasteiger partial charge is 0.310 e. The molecule has 0 radical (unpaired) electrons. The number of hydrogen-bond acceptors (Lipinski definition) is 2. The van der Waals surface area contributed by atoms with E-state index in [0.29, 0.717) is 6.42 Å². The van der Waals surface area contributed by atoms with Gasteiger partial charge in [0, 0.05) is 19.2 Å². The normalized spacial score (nSPS) is 17.7. The van der Waals surface area contributed by atoms with Crippen LogP contribution >= 0.6 is 0 Å². The summed E-state index contributed by atoms with van der Waals surface area (Å²) in [5, 5.41) is 13.4. The van der Waals surface area contributed by atoms with Crippen LogP contribution in [0.3, 0.4) is 0 Å². The summed E-state index contributed by atoms with van der Waals surface area (Å²) >= 11 is 0. The molecule has 0 bridgehead atoms. The minimum absolute atomic E-state index is 0.487. The zero-order chi connectivity index (χ0) is 11.1. The third kappa shape index (κ3) is 1.76. The average molecular weight is 208 g/mol. The van der Waals surface area contributed by atoms with Crippen LogP contribution in [0.25, 0.3) is 0 Å². The number of carboxylic acids is 1. The summed E-state index contributed by atoms with van der Waals surface area (Å²) in [5.41, 5.74) is 1.58. The molecule has 15 heavy (non-hydrogen) atoms. The Kier molecular flexibility index (Phi) is 2.29. The van der Waals surface area contributed by atoms with Gasteiger partial charge in [0.25, 0.3) is 0 Å². The number of hydrogen-bond donors (Lipinski definition) is 1. The van der Waals surface area contributed by atoms with Gasteiger partial charge in [-0.2, -0.15) is 5.10 Å². The minimum Gasteiger partial charge on any atom is -0.481 e. The lowest BCUT2D eigenvalue weighted by Crippen LogP contribution is -2.19. The van der Waals surface area contributed by atoms with E-state index in [1.54, 1.807) is 0 Å². The predicted octanol–water partition coefficient (Wildman–Crippen LogP) is 1.39. The Balaban J connectivity index is 2.17. The molecule has 1 fully saturated rings. The van der Waals surface area contributed by atoms with Gasteiger partial charge < -0.3 is 5.11 Å². The Morgan fingerprint density at radius 2 is 2.33 bits per heavy atom. The molecule has 0 spiro atoms. The minimum atomic E-state index is -0.665. The maximum atomic E-state index is 11.0. The average Bonchev–Trinajstić information content (AvgIpc) is 2.88. The first kappa shape index (κ1) is 10.2. The molecule has 1 saturated carbocycles. The van der Waals surface area contributed by atoms with Gasteiger partial charge in [-0.15, -0.1) is 0 Å². The molecule has 0 saturated heterocycles. The molecule has 82 valence electrons. The van der Waals surface area contributed by atoms with Gasteiger partial charge >= 0.3 is 5.97 Å². The van der Waals surface area contributed by atoms with Gasteiger partial charge in [0.1, 0.15) is 0 Å². The molecule has 1 aliphatic rings. The molecule has 0 unspecified atom stereocenters. The molecule has 1 aliphatic carbocycles. The first-order valence-electron chi connectivity index (χ1n) is 5.32. The van der Waals surface area contributed by atoms with Crippen molar-refractivity contribution >= 4 is 5.97 Å². The molecular weight excluding hydrogens is 192 g/mol. The van der Waals surface area contributed by atoms with Crippen LogP contribution in [0, 0.1) is 5.41 Å². The number of aliphatic carboxylic acids is 1. The van der Waals surface area contributed by atoms with E-state index in [9.17, 15) is 4.79 Å². The molecule has 0 aliphatic heterocycles. The maximum Gasteiger partial charge on any atom is 0.310 e. The van der Waals surface area contributed by atoms with Gasteiger partial charge in [-0.3, -0.25) is 9.48 Å². The van der Waals surface area contributed by atoms with E-state index in [1.807, 2.05) is 17.8 Å². The van der Waals surface area contributed by atoms with Crippen LogP contribution in [-0.2, 0) is 24.7 Å². The van der Waals surface area contributed by atoms with Crippen LogP contribution in [0.4, 0.5) is 0 Å². The summed E-state index contributed by atoms with van der Waals surface area (Å²) < 4.78 is 1.81. The number of carboxylic acid groups (broad SMARTS) is 1. The topological polar surface area (TPSA) is 55.1 Å². The third-order valence-electron chi connectivity index (χ3n) is 3.22. The number of carbonyl (C=O) groups is 1. The van der Waals surface area contributed by atoms with Crippen LogP contribution in [0.5, 0.6) is 0 Å². The van der Waals surface area contributed by atoms with Gasteiger partial charge in [0.2, 0.25) is 0 Å². The van der Waals surface area contributed by atoms with E-state index >= 15 is 0 Å². The molecule has 0 aromatic carbocycles. The third-order valence-corrected chi connectivity index (χ3v) is 3.22. The number of nitrogens with zero attached hydrogens (tertiary/aromatic N) is 2. The quantitative estimate of drug-likeness (QED) is 0.813. The second kappa shape index (κ2) is 3.36. The van der Waals surface area contributed by atoms with Gasteiger partial charge in [-0.05, 0) is 25.3 Å². The Bertz CT molecular complexity index is 391. The SMILES string of the molecule is CCc1cc(CC2(C(=O)O)CC2)n(C)n1. The van der Waals surface area contributed by atoms with Crippen LogP contribution in [-0.4, -0.2) is 20.9 Å². The Morgan fingerprint density at radius 1 is 1.67 bits per heavy atom. The van der Waals surface area contributed by atoms with Crippen molar-refractivity contribution < 1.29 is 9.90 Å². The van der Waals surface area contributed by atoms with Crippen molar-refractivity contribution in [1.29, 1.82) is 0 Å². The van der Waals surface area contributed by atoms with Crippen LogP contribution in [0.1, 0.15) is 31.2 Å². The van der Waals surface area contributed by atoms with Crippen molar-refractivity contribution in [3.63, 3.8) is 0 Å². The lowest BCUT2D eigenvalue weighted by molar-refractivity contribution is -0.143. The second-order valence-electron chi connectivity index (χ2n) is 4.37. The number of rotatable bonds is 4. The molecule has 2 rings (SSSR count). The molecule has 1 aromatic rings. The van der Waals surface area contributed by atoms with E-state index in [-0.39, 0.29) is 0 Å². The van der Waals surface area contributed by atoms with Crippen molar-refractivity contribution in [2.24, 2.45) is 12.5 Å². The highest BCUT2D eigenvalue weighted by Gasteiger charge is 2.50. The van der Waals surface area contributed by atoms with Gasteiger partial charge in [0.15, 0.2) is 0 Å². The summed E-state index contributed by atoms with van der Waals surface area (Å²) in [5.74, 6) is -0.665. The van der Waals surface area contributed by atoms with E-state index < -0.39 is 11.4 Å². The standard InChI is InChI=1S/C11H16N2O2/c1-3-8-6-9(13(2)12-8)7-11(4-5-11)10(14)15/h6H,3-5,7H2,1-2H3,(H,14,15). The predicted molar refractivity (Wildman–Crippen MR) is 55.6 cm³/mol. The van der Waals surface area contributed by atoms with Crippen molar-refractivity contribution in [2.45, 2.75) is 32.6 Å². The van der Waals surface area contributed by atoms with Crippen molar-refractivity contribution in [1.82, 2.24) is 9.78 Å². The molecular formula is C11H16N2O2. The van der Waals surface area contributed by atoms with Gasteiger partial charge in [-0.1, -0.05) is 6.92 Å². The Hall–Kier alpha value is -1.32. The van der Waals surface area contributed by atoms with Crippen LogP contribution < -0.4 is 0 Å². The van der Waals surface area contributed by atoms with Crippen molar-refractivity contribution in [2.75, 3.05) is 0 Å². The Labute approximate surface area is 88.9 Å². The highest BCUT2D eigenvalue weighted by Crippen LogP contribution is 2.48. The monoisotopic (exact) mass is 208 g/mol. The van der Waals surface area contributed by atoms with Gasteiger partial charge in [-0.25, -0.2) is 0 Å². The van der Waals surface area contributed by atoms with E-state index in [1.165, 1.54) is 0 Å². The van der Waals surface area contributed by atoms with E-state index in [0.717, 1.165) is 30.7 Å². The summed E-state index contributed by atoms with van der Waals surface area (Å²) in [6.07, 6.45) is 3.11. The second-order valence-corrected chi connectivity index (χ2v) is 4.37. The molecule has 1 N–H and O–H groups in total. The number of aryl methyl sites for hydroxylation is 2. The van der Waals surface area contributed by atoms with E-state index in [4.69, 9.17) is 5.11 Å². The summed E-state index contributed by atoms with van der Waals surface area (Å²) in [4.78, 5) is 11.0. The molecule has 1 aromatic heterocycles. The summed E-state index contributed by atoms with van der Waals surface area (Å²) in [7, 11) is 1.88. The van der Waals surface area contributed by atoms with Crippen LogP contribution in [0.15, 0.2) is 6.07 Å². The van der Waals surface area contributed by atoms with E-state index in [2.05, 4.69) is 12.0 Å². The van der Waals surface area contributed by atoms with Gasteiger partial charge in [0.05, 0.1) is 11.1 Å². The first-order chi connectivity index (χ1) is 7.07. The molecule has 0 atom stereocenters. The van der Waals surface area contributed by atoms with Crippen molar-refractivity contribution in [3.8, 4) is 0 Å². The molecule has 0 amide bonds. The maximum absolute atomic E-state index is 11.0. The lowest BCUT2D eigenvalue weighted by Gasteiger charge is -2.08. The Morgan fingerprint density at radius 3 is 2.73 bits per heavy atom. The summed E-state index contributed by atoms with van der Waals surface area (Å²) in [6, 6.07) is 2.02. The summed E-state index contributed by atoms with van der Waals surface area (Å²) in [6.45, 7) is 2.05. The largest absolute Gasteiger partial charge is 0.481 e. The van der Waals surface area contributed by atoms with Crippen molar-refractivity contribution in [3.05, 3.63) is 17.5 Å². The number of aromatic nitrogens is 2. The zero-order valence-corrected chi connectivity index (χ0v) is 9.16. The zero-order valence-electron chi connectivity index (χ0n) is 9.16. The highest BCUT2D eigenvalue weighted by atomic mass is 16.4. The highest BCUT2D eigenvalue weighted by molar-refractivity contribution is 5.78. The molecule has 4 nitrogen and oxygen atoms in total.